The molecule has 30 heavy (non-hydrogen) atoms. The van der Waals surface area contributed by atoms with Crippen LogP contribution in [0, 0.1) is 5.82 Å². The lowest BCUT2D eigenvalue weighted by molar-refractivity contribution is 0.0767. The molecule has 1 amide bonds. The second kappa shape index (κ2) is 7.88. The summed E-state index contributed by atoms with van der Waals surface area (Å²) in [6, 6.07) is 18.2. The minimum atomic E-state index is -0.290. The Labute approximate surface area is 174 Å². The molecule has 1 fully saturated rings. The topological polar surface area (TPSA) is 45.7 Å². The predicted octanol–water partition coefficient (Wildman–Crippen LogP) is 3.88. The Bertz CT molecular complexity index is 1060. The van der Waals surface area contributed by atoms with Gasteiger partial charge in [-0.25, -0.2) is 9.37 Å². The highest BCUT2D eigenvalue weighted by molar-refractivity contribution is 6.01. The maximum absolute atomic E-state index is 13.5. The third-order valence-electron chi connectivity index (χ3n) is 5.65. The zero-order chi connectivity index (χ0) is 20.5. The fraction of sp³-hybridized carbons (Fsp3) is 0.250. The quantitative estimate of drug-likeness (QED) is 0.663. The van der Waals surface area contributed by atoms with E-state index < -0.39 is 0 Å². The Morgan fingerprint density at radius 3 is 2.47 bits per heavy atom. The molecule has 0 atom stereocenters. The van der Waals surface area contributed by atoms with Gasteiger partial charge in [0.2, 0.25) is 0 Å². The van der Waals surface area contributed by atoms with E-state index in [-0.39, 0.29) is 11.7 Å². The molecule has 0 spiro atoms. The van der Waals surface area contributed by atoms with Gasteiger partial charge in [-0.2, -0.15) is 0 Å². The molecule has 0 radical (unpaired) electrons. The Kier molecular flexibility index (Phi) is 4.93. The number of rotatable bonds is 4. The molecule has 3 aromatic rings. The van der Waals surface area contributed by atoms with Gasteiger partial charge < -0.3 is 14.5 Å². The van der Waals surface area contributed by atoms with Crippen molar-refractivity contribution in [3.8, 4) is 11.3 Å². The van der Waals surface area contributed by atoms with E-state index in [1.165, 1.54) is 12.1 Å². The zero-order valence-electron chi connectivity index (χ0n) is 16.6. The number of carbonyl (C=O) groups is 1. The Hall–Kier alpha value is -3.25. The number of ether oxygens (including phenoxy) is 1. The molecule has 0 aliphatic carbocycles. The van der Waals surface area contributed by atoms with Crippen molar-refractivity contribution in [1.29, 1.82) is 0 Å². The van der Waals surface area contributed by atoms with E-state index in [0.717, 1.165) is 41.3 Å². The largest absolute Gasteiger partial charge is 0.378 e. The van der Waals surface area contributed by atoms with E-state index in [1.54, 1.807) is 12.1 Å². The molecule has 5 nitrogen and oxygen atoms in total. The Balaban J connectivity index is 1.56. The van der Waals surface area contributed by atoms with Crippen molar-refractivity contribution >= 4 is 11.7 Å². The van der Waals surface area contributed by atoms with Gasteiger partial charge in [-0.15, -0.1) is 0 Å². The molecule has 2 aliphatic heterocycles. The molecular weight excluding hydrogens is 381 g/mol. The van der Waals surface area contributed by atoms with Crippen LogP contribution in [-0.2, 0) is 17.8 Å². The van der Waals surface area contributed by atoms with Gasteiger partial charge in [-0.3, -0.25) is 4.79 Å². The van der Waals surface area contributed by atoms with Crippen LogP contribution in [0.15, 0.2) is 60.7 Å². The van der Waals surface area contributed by atoms with E-state index in [0.29, 0.717) is 31.9 Å². The van der Waals surface area contributed by atoms with Crippen LogP contribution in [0.5, 0.6) is 0 Å². The van der Waals surface area contributed by atoms with E-state index >= 15 is 0 Å². The van der Waals surface area contributed by atoms with Crippen LogP contribution >= 0.6 is 0 Å². The van der Waals surface area contributed by atoms with Crippen molar-refractivity contribution in [3.63, 3.8) is 0 Å². The molecule has 0 saturated carbocycles. The summed E-state index contributed by atoms with van der Waals surface area (Å²) in [5, 5.41) is 0. The van der Waals surface area contributed by atoms with Gasteiger partial charge in [0.1, 0.15) is 11.6 Å². The first kappa shape index (κ1) is 18.8. The van der Waals surface area contributed by atoms with Gasteiger partial charge in [0.25, 0.3) is 5.91 Å². The van der Waals surface area contributed by atoms with Gasteiger partial charge >= 0.3 is 0 Å². The first-order valence-electron chi connectivity index (χ1n) is 10.1. The number of nitrogens with zero attached hydrogens (tertiary/aromatic N) is 3. The summed E-state index contributed by atoms with van der Waals surface area (Å²) in [4.78, 5) is 22.2. The molecule has 1 saturated heterocycles. The number of aromatic nitrogens is 1. The lowest BCUT2D eigenvalue weighted by atomic mass is 10.0. The molecule has 1 aromatic heterocycles. The summed E-state index contributed by atoms with van der Waals surface area (Å²) in [7, 11) is 0. The van der Waals surface area contributed by atoms with Crippen LogP contribution in [0.3, 0.4) is 0 Å². The molecule has 3 heterocycles. The van der Waals surface area contributed by atoms with Crippen molar-refractivity contribution < 1.29 is 13.9 Å². The number of carbonyl (C=O) groups excluding carboxylic acids is 1. The van der Waals surface area contributed by atoms with Crippen molar-refractivity contribution in [2.24, 2.45) is 0 Å². The highest BCUT2D eigenvalue weighted by Gasteiger charge is 2.32. The van der Waals surface area contributed by atoms with E-state index in [9.17, 15) is 9.18 Å². The van der Waals surface area contributed by atoms with Gasteiger partial charge in [-0.1, -0.05) is 30.3 Å². The molecule has 2 aromatic carbocycles. The Morgan fingerprint density at radius 1 is 1.00 bits per heavy atom. The monoisotopic (exact) mass is 403 g/mol. The second-order valence-electron chi connectivity index (χ2n) is 7.61. The van der Waals surface area contributed by atoms with E-state index in [4.69, 9.17) is 9.72 Å². The number of hydrogen-bond donors (Lipinski definition) is 0. The smallest absolute Gasteiger partial charge is 0.255 e. The van der Waals surface area contributed by atoms with Crippen LogP contribution in [-0.4, -0.2) is 42.1 Å². The molecular formula is C24H22FN3O2. The number of hydrogen-bond acceptors (Lipinski definition) is 4. The summed E-state index contributed by atoms with van der Waals surface area (Å²) in [5.41, 5.74) is 4.24. The number of anilines is 1. The summed E-state index contributed by atoms with van der Waals surface area (Å²) in [5.74, 6) is 0.488. The SMILES string of the molecule is O=C1c2cc(N3CCOCC3)nc(-c3ccc(F)cc3)c2CN1Cc1ccccc1. The number of morpholine rings is 1. The van der Waals surface area contributed by atoms with Crippen molar-refractivity contribution in [2.45, 2.75) is 13.1 Å². The summed E-state index contributed by atoms with van der Waals surface area (Å²) in [6.45, 7) is 3.78. The molecule has 2 aliphatic rings. The highest BCUT2D eigenvalue weighted by atomic mass is 19.1. The Morgan fingerprint density at radius 2 is 1.73 bits per heavy atom. The third kappa shape index (κ3) is 3.55. The summed E-state index contributed by atoms with van der Waals surface area (Å²) < 4.78 is 19.0. The van der Waals surface area contributed by atoms with Gasteiger partial charge in [0.15, 0.2) is 0 Å². The fourth-order valence-corrected chi connectivity index (χ4v) is 4.07. The molecule has 0 unspecified atom stereocenters. The first-order chi connectivity index (χ1) is 14.7. The molecule has 152 valence electrons. The summed E-state index contributed by atoms with van der Waals surface area (Å²) >= 11 is 0. The summed E-state index contributed by atoms with van der Waals surface area (Å²) in [6.07, 6.45) is 0. The standard InChI is InChI=1S/C24H22FN3O2/c25-19-8-6-18(7-9-19)23-21-16-28(15-17-4-2-1-3-5-17)24(29)20(21)14-22(26-23)27-10-12-30-13-11-27/h1-9,14H,10-13,15-16H2. The predicted molar refractivity (Wildman–Crippen MR) is 113 cm³/mol. The van der Waals surface area contributed by atoms with Crippen LogP contribution in [0.25, 0.3) is 11.3 Å². The van der Waals surface area contributed by atoms with Gasteiger partial charge in [-0.05, 0) is 35.9 Å². The van der Waals surface area contributed by atoms with E-state index in [1.807, 2.05) is 41.3 Å². The second-order valence-corrected chi connectivity index (χ2v) is 7.61. The average Bonchev–Trinajstić information content (AvgIpc) is 3.10. The normalized spacial score (nSPS) is 16.1. The van der Waals surface area contributed by atoms with E-state index in [2.05, 4.69) is 4.90 Å². The van der Waals surface area contributed by atoms with Crippen LogP contribution in [0.2, 0.25) is 0 Å². The average molecular weight is 403 g/mol. The number of pyridine rings is 1. The third-order valence-corrected chi connectivity index (χ3v) is 5.65. The maximum Gasteiger partial charge on any atom is 0.255 e. The molecule has 0 N–H and O–H groups in total. The van der Waals surface area contributed by atoms with Crippen molar-refractivity contribution in [2.75, 3.05) is 31.2 Å². The zero-order valence-corrected chi connectivity index (χ0v) is 16.6. The number of amides is 1. The number of halogens is 1. The molecule has 5 rings (SSSR count). The van der Waals surface area contributed by atoms with Crippen LogP contribution in [0.1, 0.15) is 21.5 Å². The maximum atomic E-state index is 13.5. The van der Waals surface area contributed by atoms with Crippen LogP contribution < -0.4 is 4.90 Å². The lowest BCUT2D eigenvalue weighted by Crippen LogP contribution is -2.37. The lowest BCUT2D eigenvalue weighted by Gasteiger charge is -2.28. The van der Waals surface area contributed by atoms with Crippen molar-refractivity contribution in [3.05, 3.63) is 83.2 Å². The van der Waals surface area contributed by atoms with Gasteiger partial charge in [0.05, 0.1) is 24.5 Å². The molecule has 0 bridgehead atoms. The van der Waals surface area contributed by atoms with Crippen LogP contribution in [0.4, 0.5) is 10.2 Å². The number of benzene rings is 2. The number of fused-ring (bicyclic) bond motifs is 1. The van der Waals surface area contributed by atoms with Crippen molar-refractivity contribution in [1.82, 2.24) is 9.88 Å². The molecule has 6 heteroatoms. The minimum Gasteiger partial charge on any atom is -0.378 e. The fourth-order valence-electron chi connectivity index (χ4n) is 4.07. The van der Waals surface area contributed by atoms with Gasteiger partial charge in [0, 0.05) is 37.3 Å². The minimum absolute atomic E-state index is 0.00845. The highest BCUT2D eigenvalue weighted by Crippen LogP contribution is 2.35. The first-order valence-corrected chi connectivity index (χ1v) is 10.1.